The van der Waals surface area contributed by atoms with Crippen LogP contribution in [0.4, 0.5) is 0 Å². The quantitative estimate of drug-likeness (QED) is 0.236. The van der Waals surface area contributed by atoms with Crippen LogP contribution in [0.5, 0.6) is 0 Å². The van der Waals surface area contributed by atoms with Crippen molar-refractivity contribution in [2.24, 2.45) is 0 Å². The average molecular weight is 528 g/mol. The number of piperazine rings is 1. The van der Waals surface area contributed by atoms with Gasteiger partial charge in [-0.1, -0.05) is 5.92 Å². The first-order chi connectivity index (χ1) is 18.3. The van der Waals surface area contributed by atoms with Crippen molar-refractivity contribution in [2.45, 2.75) is 17.5 Å². The lowest BCUT2D eigenvalue weighted by Gasteiger charge is -2.39. The third-order valence-electron chi connectivity index (χ3n) is 6.38. The molecule has 0 aliphatic carbocycles. The van der Waals surface area contributed by atoms with Gasteiger partial charge in [0.15, 0.2) is 6.20 Å². The van der Waals surface area contributed by atoms with Gasteiger partial charge in [-0.25, -0.2) is 18.4 Å². The maximum absolute atomic E-state index is 13.4. The molecule has 3 aromatic heterocycles. The molecule has 1 amide bonds. The highest BCUT2D eigenvalue weighted by atomic mass is 32.2. The number of hydrogen-bond donors (Lipinski definition) is 1. The Bertz CT molecular complexity index is 1720. The van der Waals surface area contributed by atoms with E-state index in [1.165, 1.54) is 33.9 Å². The van der Waals surface area contributed by atoms with Gasteiger partial charge in [0.1, 0.15) is 5.03 Å². The van der Waals surface area contributed by atoms with E-state index >= 15 is 0 Å². The minimum atomic E-state index is -3.93. The molecule has 1 atom stereocenters. The molecule has 1 N–H and O–H groups in total. The van der Waals surface area contributed by atoms with Crippen LogP contribution in [0, 0.1) is 28.9 Å². The minimum Gasteiger partial charge on any atom is -0.618 e. The molecule has 11 nitrogen and oxygen atoms in total. The van der Waals surface area contributed by atoms with E-state index in [0.29, 0.717) is 32.5 Å². The number of aromatic nitrogens is 4. The fourth-order valence-electron chi connectivity index (χ4n) is 4.42. The van der Waals surface area contributed by atoms with Crippen molar-refractivity contribution < 1.29 is 17.9 Å². The monoisotopic (exact) mass is 527 g/mol. The molecule has 0 bridgehead atoms. The average Bonchev–Trinajstić information content (AvgIpc) is 3.38. The Kier molecular flexibility index (Phi) is 6.51. The number of hydrogen-bond acceptors (Lipinski definition) is 7. The Hall–Kier alpha value is -4.78. The van der Waals surface area contributed by atoms with Crippen molar-refractivity contribution in [1.29, 1.82) is 5.26 Å². The Morgan fingerprint density at radius 2 is 2.00 bits per heavy atom. The molecule has 1 unspecified atom stereocenters. The summed E-state index contributed by atoms with van der Waals surface area (Å²) in [4.78, 5) is 25.8. The van der Waals surface area contributed by atoms with Crippen LogP contribution in [0.3, 0.4) is 0 Å². The van der Waals surface area contributed by atoms with E-state index in [9.17, 15) is 23.7 Å². The number of carbonyl (C=O) groups excluding carboxylic acids is 1. The molecular formula is C26H21N7O4S. The predicted molar refractivity (Wildman–Crippen MR) is 136 cm³/mol. The molecule has 0 saturated carbocycles. The maximum Gasteiger partial charge on any atom is 0.292 e. The number of nitrogens with one attached hydrogen (secondary N) is 1. The highest BCUT2D eigenvalue weighted by Gasteiger charge is 2.38. The van der Waals surface area contributed by atoms with E-state index in [1.54, 1.807) is 36.4 Å². The van der Waals surface area contributed by atoms with Crippen molar-refractivity contribution in [3.63, 3.8) is 0 Å². The van der Waals surface area contributed by atoms with E-state index in [2.05, 4.69) is 20.9 Å². The number of nitrogens with zero attached hydrogens (tertiary/aromatic N) is 6. The van der Waals surface area contributed by atoms with Crippen LogP contribution in [0.2, 0.25) is 0 Å². The number of rotatable bonds is 5. The van der Waals surface area contributed by atoms with Gasteiger partial charge in [-0.05, 0) is 30.3 Å². The number of fused-ring (bicyclic) bond motifs is 1. The smallest absolute Gasteiger partial charge is 0.292 e. The minimum absolute atomic E-state index is 0.00704. The topological polar surface area (TPSA) is 150 Å². The van der Waals surface area contributed by atoms with Crippen molar-refractivity contribution in [3.05, 3.63) is 77.7 Å². The lowest BCUT2D eigenvalue weighted by molar-refractivity contribution is -0.593. The summed E-state index contributed by atoms with van der Waals surface area (Å²) in [6.45, 7) is 0.0143. The van der Waals surface area contributed by atoms with Gasteiger partial charge in [0, 0.05) is 60.6 Å². The van der Waals surface area contributed by atoms with Gasteiger partial charge in [-0.2, -0.15) is 14.3 Å². The van der Waals surface area contributed by atoms with Crippen LogP contribution in [-0.2, 0) is 10.0 Å². The number of sulfonamides is 1. The highest BCUT2D eigenvalue weighted by molar-refractivity contribution is 7.89. The molecule has 38 heavy (non-hydrogen) atoms. The van der Waals surface area contributed by atoms with Crippen LogP contribution < -0.4 is 4.73 Å². The van der Waals surface area contributed by atoms with Gasteiger partial charge in [-0.15, -0.1) is 6.42 Å². The molecule has 1 fully saturated rings. The summed E-state index contributed by atoms with van der Waals surface area (Å²) >= 11 is 0. The first kappa shape index (κ1) is 24.9. The molecular weight excluding hydrogens is 506 g/mol. The molecule has 0 radical (unpaired) electrons. The van der Waals surface area contributed by atoms with Crippen molar-refractivity contribution >= 4 is 26.8 Å². The van der Waals surface area contributed by atoms with Crippen LogP contribution in [-0.4, -0.2) is 64.2 Å². The highest BCUT2D eigenvalue weighted by Crippen LogP contribution is 2.26. The SMILES string of the molecule is C#Cc1ccc2[nH]c(S(=O)(=O)N3CCN(C(=O)c4ncc(-c5cccc[n+]5[O-])cn4)C(CC#N)C3)cc2c1. The second-order valence-corrected chi connectivity index (χ2v) is 10.6. The molecule has 4 heterocycles. The summed E-state index contributed by atoms with van der Waals surface area (Å²) in [5.74, 6) is 1.89. The van der Waals surface area contributed by atoms with Crippen molar-refractivity contribution in [2.75, 3.05) is 19.6 Å². The summed E-state index contributed by atoms with van der Waals surface area (Å²) in [6.07, 6.45) is 9.48. The van der Waals surface area contributed by atoms with Crippen LogP contribution in [0.15, 0.2) is 66.1 Å². The van der Waals surface area contributed by atoms with E-state index in [-0.39, 0.29) is 36.9 Å². The van der Waals surface area contributed by atoms with E-state index in [4.69, 9.17) is 6.42 Å². The fourth-order valence-corrected chi connectivity index (χ4v) is 5.90. The number of amides is 1. The number of terminal acetylenes is 1. The fraction of sp³-hybridized carbons (Fsp3) is 0.192. The Morgan fingerprint density at radius 3 is 2.71 bits per heavy atom. The standard InChI is InChI=1S/C26H21N7O4S/c1-2-18-6-7-22-19(13-18)14-24(30-22)38(36,37)31-11-12-32(21(17-31)8-9-27)26(34)25-28-15-20(16-29-25)23-5-3-4-10-33(23)35/h1,3-7,10,13-16,21,30H,8,11-12,17H2. The number of aromatic amines is 1. The van der Waals surface area contributed by atoms with E-state index in [0.717, 1.165) is 0 Å². The molecule has 5 rings (SSSR count). The van der Waals surface area contributed by atoms with Crippen LogP contribution in [0.1, 0.15) is 22.6 Å². The molecule has 1 aliphatic rings. The van der Waals surface area contributed by atoms with Crippen LogP contribution in [0.25, 0.3) is 22.2 Å². The molecule has 12 heteroatoms. The molecule has 190 valence electrons. The van der Waals surface area contributed by atoms with Gasteiger partial charge in [0.2, 0.25) is 11.5 Å². The number of H-pyrrole nitrogens is 1. The van der Waals surface area contributed by atoms with Gasteiger partial charge < -0.3 is 15.1 Å². The van der Waals surface area contributed by atoms with Gasteiger partial charge in [0.25, 0.3) is 15.9 Å². The Balaban J connectivity index is 1.36. The van der Waals surface area contributed by atoms with Gasteiger partial charge >= 0.3 is 0 Å². The number of nitriles is 1. The lowest BCUT2D eigenvalue weighted by atomic mass is 10.1. The normalized spacial score (nSPS) is 16.2. The Labute approximate surface area is 218 Å². The third kappa shape index (κ3) is 4.54. The lowest BCUT2D eigenvalue weighted by Crippen LogP contribution is -2.56. The zero-order chi connectivity index (χ0) is 26.9. The summed E-state index contributed by atoms with van der Waals surface area (Å²) < 4.78 is 28.8. The summed E-state index contributed by atoms with van der Waals surface area (Å²) in [5, 5.41) is 22.0. The third-order valence-corrected chi connectivity index (χ3v) is 8.16. The second kappa shape index (κ2) is 9.94. The Morgan fingerprint density at radius 1 is 1.21 bits per heavy atom. The molecule has 1 aromatic carbocycles. The summed E-state index contributed by atoms with van der Waals surface area (Å²) in [5.41, 5.74) is 2.03. The van der Waals surface area contributed by atoms with Gasteiger partial charge in [-0.3, -0.25) is 4.79 Å². The van der Waals surface area contributed by atoms with E-state index in [1.807, 2.05) is 6.07 Å². The molecule has 0 spiro atoms. The number of benzene rings is 1. The predicted octanol–water partition coefficient (Wildman–Crippen LogP) is 1.67. The van der Waals surface area contributed by atoms with Crippen molar-refractivity contribution in [3.8, 4) is 29.7 Å². The van der Waals surface area contributed by atoms with E-state index < -0.39 is 22.0 Å². The first-order valence-electron chi connectivity index (χ1n) is 11.6. The van der Waals surface area contributed by atoms with Crippen molar-refractivity contribution in [1.82, 2.24) is 24.2 Å². The molecule has 1 saturated heterocycles. The maximum atomic E-state index is 13.4. The molecule has 1 aliphatic heterocycles. The second-order valence-electron chi connectivity index (χ2n) is 8.66. The molecule has 4 aromatic rings. The number of carbonyl (C=O) groups is 1. The first-order valence-corrected chi connectivity index (χ1v) is 13.0. The zero-order valence-corrected chi connectivity index (χ0v) is 20.8. The van der Waals surface area contributed by atoms with Gasteiger partial charge in [0.05, 0.1) is 24.1 Å². The van der Waals surface area contributed by atoms with Crippen LogP contribution >= 0.6 is 0 Å². The summed E-state index contributed by atoms with van der Waals surface area (Å²) in [7, 11) is -3.93. The zero-order valence-electron chi connectivity index (χ0n) is 20.0. The largest absolute Gasteiger partial charge is 0.618 e. The number of pyridine rings is 1. The summed E-state index contributed by atoms with van der Waals surface area (Å²) in [6, 6.07) is 12.9.